The SMILES string of the molecule is CN(CC1CCOCC1)C1CCCCCCC1O. The van der Waals surface area contributed by atoms with Gasteiger partial charge in [0.05, 0.1) is 6.10 Å². The summed E-state index contributed by atoms with van der Waals surface area (Å²) < 4.78 is 5.42. The van der Waals surface area contributed by atoms with E-state index in [9.17, 15) is 5.11 Å². The van der Waals surface area contributed by atoms with Crippen LogP contribution in [-0.4, -0.2) is 49.0 Å². The van der Waals surface area contributed by atoms with Gasteiger partial charge < -0.3 is 14.7 Å². The zero-order chi connectivity index (χ0) is 12.8. The molecule has 1 saturated carbocycles. The Morgan fingerprint density at radius 1 is 1.00 bits per heavy atom. The van der Waals surface area contributed by atoms with Gasteiger partial charge in [-0.3, -0.25) is 0 Å². The molecule has 3 heteroatoms. The maximum Gasteiger partial charge on any atom is 0.0695 e. The standard InChI is InChI=1S/C15H29NO2/c1-16(12-13-8-10-18-11-9-13)14-6-4-2-3-5-7-15(14)17/h13-15,17H,2-12H2,1H3. The Labute approximate surface area is 112 Å². The van der Waals surface area contributed by atoms with E-state index in [1.165, 1.54) is 44.9 Å². The fourth-order valence-corrected chi connectivity index (χ4v) is 3.43. The molecule has 0 bridgehead atoms. The fraction of sp³-hybridized carbons (Fsp3) is 1.00. The minimum absolute atomic E-state index is 0.116. The zero-order valence-corrected chi connectivity index (χ0v) is 11.8. The highest BCUT2D eigenvalue weighted by atomic mass is 16.5. The number of rotatable bonds is 3. The first kappa shape index (κ1) is 14.3. The number of aliphatic hydroxyl groups is 1. The van der Waals surface area contributed by atoms with Gasteiger partial charge in [-0.15, -0.1) is 0 Å². The number of likely N-dealkylation sites (N-methyl/N-ethyl adjacent to an activating group) is 1. The van der Waals surface area contributed by atoms with Crippen molar-refractivity contribution in [2.75, 3.05) is 26.8 Å². The second kappa shape index (κ2) is 7.46. The Morgan fingerprint density at radius 3 is 2.39 bits per heavy atom. The Morgan fingerprint density at radius 2 is 1.67 bits per heavy atom. The highest BCUT2D eigenvalue weighted by molar-refractivity contribution is 4.81. The average Bonchev–Trinajstić information content (AvgIpc) is 2.35. The summed E-state index contributed by atoms with van der Waals surface area (Å²) in [5.74, 6) is 0.765. The van der Waals surface area contributed by atoms with E-state index >= 15 is 0 Å². The minimum atomic E-state index is -0.116. The number of aliphatic hydroxyl groups excluding tert-OH is 1. The van der Waals surface area contributed by atoms with Gasteiger partial charge in [0.1, 0.15) is 0 Å². The van der Waals surface area contributed by atoms with Crippen LogP contribution in [-0.2, 0) is 4.74 Å². The van der Waals surface area contributed by atoms with Crippen LogP contribution in [0.1, 0.15) is 51.4 Å². The summed E-state index contributed by atoms with van der Waals surface area (Å²) in [6.45, 7) is 2.97. The van der Waals surface area contributed by atoms with Gasteiger partial charge in [0.2, 0.25) is 0 Å². The van der Waals surface area contributed by atoms with E-state index in [-0.39, 0.29) is 6.10 Å². The van der Waals surface area contributed by atoms with Crippen molar-refractivity contribution in [1.82, 2.24) is 4.90 Å². The number of ether oxygens (including phenoxy) is 1. The van der Waals surface area contributed by atoms with E-state index in [0.29, 0.717) is 6.04 Å². The van der Waals surface area contributed by atoms with Gasteiger partial charge in [-0.25, -0.2) is 0 Å². The number of hydrogen-bond donors (Lipinski definition) is 1. The number of nitrogens with zero attached hydrogens (tertiary/aromatic N) is 1. The lowest BCUT2D eigenvalue weighted by atomic mass is 9.92. The molecule has 106 valence electrons. The summed E-state index contributed by atoms with van der Waals surface area (Å²) in [5.41, 5.74) is 0. The predicted octanol–water partition coefficient (Wildman–Crippen LogP) is 2.43. The molecule has 0 amide bonds. The molecule has 2 aliphatic rings. The Hall–Kier alpha value is -0.120. The first-order valence-electron chi connectivity index (χ1n) is 7.73. The Bertz CT molecular complexity index is 229. The van der Waals surface area contributed by atoms with Crippen LogP contribution in [0, 0.1) is 5.92 Å². The molecule has 0 spiro atoms. The van der Waals surface area contributed by atoms with Gasteiger partial charge in [0.25, 0.3) is 0 Å². The van der Waals surface area contributed by atoms with Gasteiger partial charge in [0.15, 0.2) is 0 Å². The first-order valence-corrected chi connectivity index (χ1v) is 7.73. The zero-order valence-electron chi connectivity index (χ0n) is 11.8. The maximum absolute atomic E-state index is 10.3. The predicted molar refractivity (Wildman–Crippen MR) is 73.7 cm³/mol. The van der Waals surface area contributed by atoms with Crippen molar-refractivity contribution in [2.24, 2.45) is 5.92 Å². The maximum atomic E-state index is 10.3. The molecule has 1 aliphatic carbocycles. The lowest BCUT2D eigenvalue weighted by Crippen LogP contribution is -2.44. The summed E-state index contributed by atoms with van der Waals surface area (Å²) in [6.07, 6.45) is 9.53. The van der Waals surface area contributed by atoms with Crippen molar-refractivity contribution in [3.05, 3.63) is 0 Å². The molecule has 1 N–H and O–H groups in total. The summed E-state index contributed by atoms with van der Waals surface area (Å²) in [6, 6.07) is 0.383. The van der Waals surface area contributed by atoms with E-state index in [1.807, 2.05) is 0 Å². The molecule has 0 radical (unpaired) electrons. The molecule has 1 heterocycles. The molecule has 1 aliphatic heterocycles. The van der Waals surface area contributed by atoms with Crippen molar-refractivity contribution in [3.63, 3.8) is 0 Å². The van der Waals surface area contributed by atoms with Crippen LogP contribution in [0.2, 0.25) is 0 Å². The third-order valence-electron chi connectivity index (χ3n) is 4.65. The molecular weight excluding hydrogens is 226 g/mol. The van der Waals surface area contributed by atoms with Crippen molar-refractivity contribution in [1.29, 1.82) is 0 Å². The summed E-state index contributed by atoms with van der Waals surface area (Å²) in [4.78, 5) is 2.42. The van der Waals surface area contributed by atoms with Crippen LogP contribution < -0.4 is 0 Å². The lowest BCUT2D eigenvalue weighted by molar-refractivity contribution is 0.0153. The molecule has 0 aromatic heterocycles. The van der Waals surface area contributed by atoms with Gasteiger partial charge in [0, 0.05) is 25.8 Å². The lowest BCUT2D eigenvalue weighted by Gasteiger charge is -2.36. The normalized spacial score (nSPS) is 32.2. The first-order chi connectivity index (χ1) is 8.77. The van der Waals surface area contributed by atoms with Gasteiger partial charge in [-0.2, -0.15) is 0 Å². The second-order valence-corrected chi connectivity index (χ2v) is 6.12. The Balaban J connectivity index is 1.82. The van der Waals surface area contributed by atoms with Crippen LogP contribution in [0.4, 0.5) is 0 Å². The van der Waals surface area contributed by atoms with Gasteiger partial charge in [-0.1, -0.05) is 25.7 Å². The van der Waals surface area contributed by atoms with Crippen molar-refractivity contribution < 1.29 is 9.84 Å². The van der Waals surface area contributed by atoms with E-state index in [1.54, 1.807) is 0 Å². The van der Waals surface area contributed by atoms with Crippen LogP contribution in [0.5, 0.6) is 0 Å². The van der Waals surface area contributed by atoms with Crippen molar-refractivity contribution >= 4 is 0 Å². The van der Waals surface area contributed by atoms with Gasteiger partial charge >= 0.3 is 0 Å². The molecule has 2 rings (SSSR count). The second-order valence-electron chi connectivity index (χ2n) is 6.12. The van der Waals surface area contributed by atoms with E-state index in [0.717, 1.165) is 32.1 Å². The molecule has 2 unspecified atom stereocenters. The molecule has 18 heavy (non-hydrogen) atoms. The molecule has 2 atom stereocenters. The van der Waals surface area contributed by atoms with Crippen LogP contribution in [0.25, 0.3) is 0 Å². The number of hydrogen-bond acceptors (Lipinski definition) is 3. The fourth-order valence-electron chi connectivity index (χ4n) is 3.43. The van der Waals surface area contributed by atoms with Crippen LogP contribution in [0.3, 0.4) is 0 Å². The van der Waals surface area contributed by atoms with E-state index < -0.39 is 0 Å². The summed E-state index contributed by atoms with van der Waals surface area (Å²) >= 11 is 0. The monoisotopic (exact) mass is 255 g/mol. The minimum Gasteiger partial charge on any atom is -0.391 e. The molecule has 1 saturated heterocycles. The summed E-state index contributed by atoms with van der Waals surface area (Å²) in [7, 11) is 2.20. The highest BCUT2D eigenvalue weighted by Gasteiger charge is 2.26. The quantitative estimate of drug-likeness (QED) is 0.840. The third-order valence-corrected chi connectivity index (χ3v) is 4.65. The molecule has 2 fully saturated rings. The molecule has 0 aromatic rings. The smallest absolute Gasteiger partial charge is 0.0695 e. The van der Waals surface area contributed by atoms with E-state index in [2.05, 4.69) is 11.9 Å². The highest BCUT2D eigenvalue weighted by Crippen LogP contribution is 2.23. The molecular formula is C15H29NO2. The molecule has 0 aromatic carbocycles. The summed E-state index contributed by atoms with van der Waals surface area (Å²) in [5, 5.41) is 10.3. The van der Waals surface area contributed by atoms with Gasteiger partial charge in [-0.05, 0) is 38.6 Å². The van der Waals surface area contributed by atoms with Crippen molar-refractivity contribution in [3.8, 4) is 0 Å². The molecule has 3 nitrogen and oxygen atoms in total. The Kier molecular flexibility index (Phi) is 5.93. The topological polar surface area (TPSA) is 32.7 Å². The van der Waals surface area contributed by atoms with E-state index in [4.69, 9.17) is 4.74 Å². The average molecular weight is 255 g/mol. The van der Waals surface area contributed by atoms with Crippen LogP contribution >= 0.6 is 0 Å². The van der Waals surface area contributed by atoms with Crippen LogP contribution in [0.15, 0.2) is 0 Å². The van der Waals surface area contributed by atoms with Crippen molar-refractivity contribution in [2.45, 2.75) is 63.5 Å². The largest absolute Gasteiger partial charge is 0.391 e. The third kappa shape index (κ3) is 4.22.